The Morgan fingerprint density at radius 2 is 1.77 bits per heavy atom. The van der Waals surface area contributed by atoms with E-state index in [1.54, 1.807) is 6.92 Å². The predicted octanol–water partition coefficient (Wildman–Crippen LogP) is 1.10. The summed E-state index contributed by atoms with van der Waals surface area (Å²) in [5.74, 6) is -2.63. The molecule has 1 fully saturated rings. The summed E-state index contributed by atoms with van der Waals surface area (Å²) in [5, 5.41) is 40.2. The Morgan fingerprint density at radius 1 is 1.19 bits per heavy atom. The zero-order chi connectivity index (χ0) is 20.1. The molecule has 150 valence electrons. The minimum Gasteiger partial charge on any atom is -0.396 e. The zero-order valence-corrected chi connectivity index (χ0v) is 16.3. The SMILES string of the molecule is C/C=C\[C@H](C)[C@H]1C[C@]1(C)[C@@H](O)[C@@H](CO)C(=O)[C@@H](CO)[C@@H](O)CC(=O)CC. The number of aliphatic hydroxyl groups excluding tert-OH is 4. The maximum absolute atomic E-state index is 12.8. The summed E-state index contributed by atoms with van der Waals surface area (Å²) in [7, 11) is 0. The Kier molecular flexibility index (Phi) is 8.60. The number of allylic oxidation sites excluding steroid dienone is 2. The summed E-state index contributed by atoms with van der Waals surface area (Å²) >= 11 is 0. The standard InChI is InChI=1S/C20H34O6/c1-5-7-12(3)16-9-20(16,4)19(26)15(11-22)18(25)14(10-21)17(24)8-13(23)6-2/h5,7,12,14-17,19,21-22,24,26H,6,8-11H2,1-4H3/b7-5-/t12-,14-,15-,16+,17-,19-,20-/m0/s1. The molecule has 0 amide bonds. The fraction of sp³-hybridized carbons (Fsp3) is 0.800. The second kappa shape index (κ2) is 9.74. The minimum absolute atomic E-state index is 0.203. The van der Waals surface area contributed by atoms with Crippen molar-refractivity contribution in [3.05, 3.63) is 12.2 Å². The second-order valence-corrected chi connectivity index (χ2v) is 7.79. The van der Waals surface area contributed by atoms with Gasteiger partial charge in [0.2, 0.25) is 0 Å². The van der Waals surface area contributed by atoms with Crippen molar-refractivity contribution in [2.45, 2.75) is 59.2 Å². The lowest BCUT2D eigenvalue weighted by atomic mass is 9.78. The third kappa shape index (κ3) is 5.00. The van der Waals surface area contributed by atoms with E-state index >= 15 is 0 Å². The number of rotatable bonds is 12. The average molecular weight is 370 g/mol. The second-order valence-electron chi connectivity index (χ2n) is 7.79. The lowest BCUT2D eigenvalue weighted by Gasteiger charge is -2.30. The van der Waals surface area contributed by atoms with Gasteiger partial charge in [-0.15, -0.1) is 0 Å². The van der Waals surface area contributed by atoms with Gasteiger partial charge in [0.15, 0.2) is 0 Å². The first kappa shape index (κ1) is 23.0. The molecule has 0 spiro atoms. The molecule has 4 N–H and O–H groups in total. The predicted molar refractivity (Wildman–Crippen MR) is 98.3 cm³/mol. The van der Waals surface area contributed by atoms with Gasteiger partial charge in [-0.25, -0.2) is 0 Å². The summed E-state index contributed by atoms with van der Waals surface area (Å²) in [6.07, 6.45) is 2.37. The van der Waals surface area contributed by atoms with E-state index in [-0.39, 0.29) is 30.5 Å². The van der Waals surface area contributed by atoms with E-state index in [0.717, 1.165) is 6.42 Å². The highest BCUT2D eigenvalue weighted by Gasteiger charge is 2.59. The molecule has 6 nitrogen and oxygen atoms in total. The van der Waals surface area contributed by atoms with Crippen molar-refractivity contribution in [3.63, 3.8) is 0 Å². The normalized spacial score (nSPS) is 28.4. The first-order valence-electron chi connectivity index (χ1n) is 9.43. The highest BCUT2D eigenvalue weighted by molar-refractivity contribution is 5.86. The van der Waals surface area contributed by atoms with Crippen LogP contribution >= 0.6 is 0 Å². The summed E-state index contributed by atoms with van der Waals surface area (Å²) in [4.78, 5) is 24.3. The lowest BCUT2D eigenvalue weighted by molar-refractivity contribution is -0.141. The fourth-order valence-electron chi connectivity index (χ4n) is 3.98. The molecule has 1 aliphatic rings. The molecule has 0 saturated heterocycles. The molecular weight excluding hydrogens is 336 g/mol. The Morgan fingerprint density at radius 3 is 2.23 bits per heavy atom. The zero-order valence-electron chi connectivity index (χ0n) is 16.3. The smallest absolute Gasteiger partial charge is 0.148 e. The number of ketones is 2. The van der Waals surface area contributed by atoms with Gasteiger partial charge in [0.1, 0.15) is 11.6 Å². The van der Waals surface area contributed by atoms with E-state index in [0.29, 0.717) is 0 Å². The third-order valence-electron chi connectivity index (χ3n) is 5.95. The number of carbonyl (C=O) groups is 2. The number of hydrogen-bond acceptors (Lipinski definition) is 6. The monoisotopic (exact) mass is 370 g/mol. The van der Waals surface area contributed by atoms with Crippen molar-refractivity contribution in [1.82, 2.24) is 0 Å². The molecule has 0 aromatic carbocycles. The van der Waals surface area contributed by atoms with E-state index in [1.807, 2.05) is 19.9 Å². The summed E-state index contributed by atoms with van der Waals surface area (Å²) in [6.45, 7) is 6.33. The van der Waals surface area contributed by atoms with Gasteiger partial charge in [-0.05, 0) is 30.6 Å². The number of carbonyl (C=O) groups excluding carboxylic acids is 2. The fourth-order valence-corrected chi connectivity index (χ4v) is 3.98. The van der Waals surface area contributed by atoms with Crippen LogP contribution in [0.15, 0.2) is 12.2 Å². The molecule has 26 heavy (non-hydrogen) atoms. The molecule has 0 radical (unpaired) electrons. The topological polar surface area (TPSA) is 115 Å². The van der Waals surface area contributed by atoms with Gasteiger partial charge in [0.05, 0.1) is 37.3 Å². The van der Waals surface area contributed by atoms with Crippen LogP contribution in [0.25, 0.3) is 0 Å². The van der Waals surface area contributed by atoms with Crippen molar-refractivity contribution < 1.29 is 30.0 Å². The van der Waals surface area contributed by atoms with Crippen LogP contribution in [0.4, 0.5) is 0 Å². The van der Waals surface area contributed by atoms with Crippen LogP contribution < -0.4 is 0 Å². The van der Waals surface area contributed by atoms with E-state index < -0.39 is 48.5 Å². The first-order valence-corrected chi connectivity index (χ1v) is 9.43. The molecular formula is C20H34O6. The molecule has 0 unspecified atom stereocenters. The van der Waals surface area contributed by atoms with Gasteiger partial charge >= 0.3 is 0 Å². The molecule has 1 rings (SSSR count). The maximum atomic E-state index is 12.8. The van der Waals surface area contributed by atoms with Gasteiger partial charge in [0, 0.05) is 12.8 Å². The van der Waals surface area contributed by atoms with E-state index in [2.05, 4.69) is 13.0 Å². The van der Waals surface area contributed by atoms with Gasteiger partial charge in [-0.3, -0.25) is 9.59 Å². The molecule has 7 atom stereocenters. The van der Waals surface area contributed by atoms with E-state index in [4.69, 9.17) is 0 Å². The molecule has 0 aliphatic heterocycles. The Hall–Kier alpha value is -1.08. The van der Waals surface area contributed by atoms with Crippen molar-refractivity contribution in [3.8, 4) is 0 Å². The number of aliphatic hydroxyl groups is 4. The molecule has 1 saturated carbocycles. The van der Waals surface area contributed by atoms with Crippen LogP contribution in [0.2, 0.25) is 0 Å². The molecule has 6 heteroatoms. The van der Waals surface area contributed by atoms with Crippen LogP contribution in [0.3, 0.4) is 0 Å². The quantitative estimate of drug-likeness (QED) is 0.383. The third-order valence-corrected chi connectivity index (χ3v) is 5.95. The van der Waals surface area contributed by atoms with E-state index in [9.17, 15) is 30.0 Å². The molecule has 0 heterocycles. The highest BCUT2D eigenvalue weighted by Crippen LogP contribution is 2.60. The van der Waals surface area contributed by atoms with Gasteiger partial charge in [-0.1, -0.05) is 32.9 Å². The van der Waals surface area contributed by atoms with Crippen LogP contribution in [0, 0.1) is 29.1 Å². The van der Waals surface area contributed by atoms with Crippen molar-refractivity contribution >= 4 is 11.6 Å². The lowest BCUT2D eigenvalue weighted by Crippen LogP contribution is -2.45. The first-order chi connectivity index (χ1) is 12.2. The van der Waals surface area contributed by atoms with Crippen molar-refractivity contribution in [2.24, 2.45) is 29.1 Å². The molecule has 0 aromatic rings. The average Bonchev–Trinajstić information content (AvgIpc) is 3.29. The van der Waals surface area contributed by atoms with Crippen LogP contribution in [0.5, 0.6) is 0 Å². The molecule has 0 bridgehead atoms. The highest BCUT2D eigenvalue weighted by atomic mass is 16.3. The summed E-state index contributed by atoms with van der Waals surface area (Å²) in [5.41, 5.74) is -0.494. The van der Waals surface area contributed by atoms with Gasteiger partial charge in [0.25, 0.3) is 0 Å². The number of Topliss-reactive ketones (excluding diaryl/α,β-unsaturated/α-hetero) is 2. The molecule has 0 aromatic heterocycles. The Bertz CT molecular complexity index is 516. The van der Waals surface area contributed by atoms with E-state index in [1.165, 1.54) is 0 Å². The summed E-state index contributed by atoms with van der Waals surface area (Å²) < 4.78 is 0. The van der Waals surface area contributed by atoms with Crippen molar-refractivity contribution in [2.75, 3.05) is 13.2 Å². The van der Waals surface area contributed by atoms with Crippen LogP contribution in [-0.2, 0) is 9.59 Å². The van der Waals surface area contributed by atoms with Crippen molar-refractivity contribution in [1.29, 1.82) is 0 Å². The van der Waals surface area contributed by atoms with Gasteiger partial charge < -0.3 is 20.4 Å². The summed E-state index contributed by atoms with van der Waals surface area (Å²) in [6, 6.07) is 0. The molecule has 1 aliphatic carbocycles. The Balaban J connectivity index is 2.88. The van der Waals surface area contributed by atoms with Crippen LogP contribution in [0.1, 0.15) is 47.0 Å². The largest absolute Gasteiger partial charge is 0.396 e. The Labute approximate surface area is 155 Å². The minimum atomic E-state index is -1.31. The number of hydrogen-bond donors (Lipinski definition) is 4. The van der Waals surface area contributed by atoms with Crippen LogP contribution in [-0.4, -0.2) is 57.4 Å². The maximum Gasteiger partial charge on any atom is 0.148 e. The van der Waals surface area contributed by atoms with Gasteiger partial charge in [-0.2, -0.15) is 0 Å².